The zero-order valence-electron chi connectivity index (χ0n) is 15.0. The van der Waals surface area contributed by atoms with E-state index in [-0.39, 0.29) is 12.3 Å². The fourth-order valence-electron chi connectivity index (χ4n) is 2.49. The van der Waals surface area contributed by atoms with Crippen LogP contribution in [0.5, 0.6) is 0 Å². The SMILES string of the molecule is COC(=O)c1cccc(-c2ccc(/C=N/NC(=O)Cc3ccc(Br)cc3)o2)c1. The minimum atomic E-state index is -0.413. The Balaban J connectivity index is 1.60. The first-order chi connectivity index (χ1) is 13.5. The average molecular weight is 441 g/mol. The summed E-state index contributed by atoms with van der Waals surface area (Å²) in [6.45, 7) is 0. The number of hydrogen-bond donors (Lipinski definition) is 1. The summed E-state index contributed by atoms with van der Waals surface area (Å²) < 4.78 is 11.4. The lowest BCUT2D eigenvalue weighted by atomic mass is 10.1. The van der Waals surface area contributed by atoms with Crippen molar-refractivity contribution in [1.82, 2.24) is 5.43 Å². The van der Waals surface area contributed by atoms with E-state index >= 15 is 0 Å². The topological polar surface area (TPSA) is 80.9 Å². The Morgan fingerprint density at radius 3 is 2.68 bits per heavy atom. The molecule has 0 saturated carbocycles. The van der Waals surface area contributed by atoms with Gasteiger partial charge in [0.2, 0.25) is 5.91 Å². The van der Waals surface area contributed by atoms with Gasteiger partial charge in [-0.2, -0.15) is 5.10 Å². The third-order valence-corrected chi connectivity index (χ3v) is 4.38. The molecule has 142 valence electrons. The molecule has 0 bridgehead atoms. The van der Waals surface area contributed by atoms with Crippen LogP contribution in [0.4, 0.5) is 0 Å². The number of nitrogens with one attached hydrogen (secondary N) is 1. The second-order valence-corrected chi connectivity index (χ2v) is 6.79. The first-order valence-electron chi connectivity index (χ1n) is 8.40. The van der Waals surface area contributed by atoms with Gasteiger partial charge in [-0.25, -0.2) is 10.2 Å². The van der Waals surface area contributed by atoms with Gasteiger partial charge in [-0.05, 0) is 42.0 Å². The van der Waals surface area contributed by atoms with Crippen LogP contribution in [0.3, 0.4) is 0 Å². The van der Waals surface area contributed by atoms with Crippen LogP contribution in [0.15, 0.2) is 74.7 Å². The van der Waals surface area contributed by atoms with E-state index in [2.05, 4.69) is 26.5 Å². The fraction of sp³-hybridized carbons (Fsp3) is 0.0952. The highest BCUT2D eigenvalue weighted by molar-refractivity contribution is 9.10. The molecule has 1 heterocycles. The van der Waals surface area contributed by atoms with E-state index in [1.165, 1.54) is 13.3 Å². The molecule has 0 aliphatic carbocycles. The molecular formula is C21H17BrN2O4. The zero-order chi connectivity index (χ0) is 19.9. The van der Waals surface area contributed by atoms with Crippen LogP contribution in [-0.4, -0.2) is 25.2 Å². The third kappa shape index (κ3) is 5.17. The predicted molar refractivity (Wildman–Crippen MR) is 109 cm³/mol. The molecule has 0 spiro atoms. The van der Waals surface area contributed by atoms with Gasteiger partial charge < -0.3 is 9.15 Å². The summed E-state index contributed by atoms with van der Waals surface area (Å²) >= 11 is 3.36. The maximum Gasteiger partial charge on any atom is 0.337 e. The van der Waals surface area contributed by atoms with Gasteiger partial charge in [-0.15, -0.1) is 0 Å². The normalized spacial score (nSPS) is 10.8. The summed E-state index contributed by atoms with van der Waals surface area (Å²) in [6.07, 6.45) is 1.65. The fourth-order valence-corrected chi connectivity index (χ4v) is 2.75. The Hall–Kier alpha value is -3.19. The van der Waals surface area contributed by atoms with Gasteiger partial charge in [0.1, 0.15) is 11.5 Å². The van der Waals surface area contributed by atoms with Crippen LogP contribution in [0.2, 0.25) is 0 Å². The standard InChI is InChI=1S/C21H17BrN2O4/c1-27-21(26)16-4-2-3-15(12-16)19-10-9-18(28-19)13-23-24-20(25)11-14-5-7-17(22)8-6-14/h2-10,12-13H,11H2,1H3,(H,24,25)/b23-13+. The van der Waals surface area contributed by atoms with Crippen molar-refractivity contribution in [2.24, 2.45) is 5.10 Å². The van der Waals surface area contributed by atoms with Gasteiger partial charge in [-0.1, -0.05) is 40.2 Å². The zero-order valence-corrected chi connectivity index (χ0v) is 16.6. The highest BCUT2D eigenvalue weighted by Gasteiger charge is 2.09. The highest BCUT2D eigenvalue weighted by atomic mass is 79.9. The summed E-state index contributed by atoms with van der Waals surface area (Å²) in [5.74, 6) is 0.413. The van der Waals surface area contributed by atoms with E-state index in [0.29, 0.717) is 17.1 Å². The van der Waals surface area contributed by atoms with Crippen molar-refractivity contribution in [3.05, 3.63) is 82.0 Å². The maximum absolute atomic E-state index is 11.9. The molecule has 0 atom stereocenters. The number of carbonyl (C=O) groups excluding carboxylic acids is 2. The summed E-state index contributed by atoms with van der Waals surface area (Å²) in [6, 6.07) is 17.9. The quantitative estimate of drug-likeness (QED) is 0.354. The first kappa shape index (κ1) is 19.6. The van der Waals surface area contributed by atoms with E-state index in [9.17, 15) is 9.59 Å². The Morgan fingerprint density at radius 2 is 1.93 bits per heavy atom. The van der Waals surface area contributed by atoms with Crippen molar-refractivity contribution >= 4 is 34.0 Å². The number of rotatable bonds is 6. The monoisotopic (exact) mass is 440 g/mol. The molecule has 7 heteroatoms. The molecule has 6 nitrogen and oxygen atoms in total. The van der Waals surface area contributed by atoms with Crippen LogP contribution in [0.1, 0.15) is 21.7 Å². The largest absolute Gasteiger partial charge is 0.465 e. The maximum atomic E-state index is 11.9. The Morgan fingerprint density at radius 1 is 1.14 bits per heavy atom. The lowest BCUT2D eigenvalue weighted by Crippen LogP contribution is -2.19. The molecular weight excluding hydrogens is 424 g/mol. The van der Waals surface area contributed by atoms with Gasteiger partial charge >= 0.3 is 5.97 Å². The van der Waals surface area contributed by atoms with Crippen molar-refractivity contribution in [1.29, 1.82) is 0 Å². The second kappa shape index (κ2) is 9.14. The highest BCUT2D eigenvalue weighted by Crippen LogP contribution is 2.23. The van der Waals surface area contributed by atoms with E-state index < -0.39 is 5.97 Å². The van der Waals surface area contributed by atoms with E-state index in [1.807, 2.05) is 30.3 Å². The molecule has 0 aliphatic rings. The summed E-state index contributed by atoms with van der Waals surface area (Å²) in [4.78, 5) is 23.6. The van der Waals surface area contributed by atoms with Gasteiger partial charge in [0, 0.05) is 10.0 Å². The molecule has 3 rings (SSSR count). The number of hydrazone groups is 1. The Labute approximate surface area is 170 Å². The number of benzene rings is 2. The lowest BCUT2D eigenvalue weighted by molar-refractivity contribution is -0.120. The molecule has 1 aromatic heterocycles. The lowest BCUT2D eigenvalue weighted by Gasteiger charge is -2.01. The number of methoxy groups -OCH3 is 1. The van der Waals surface area contributed by atoms with Gasteiger partial charge in [0.25, 0.3) is 0 Å². The number of nitrogens with zero attached hydrogens (tertiary/aromatic N) is 1. The molecule has 3 aromatic rings. The summed E-state index contributed by atoms with van der Waals surface area (Å²) in [5, 5.41) is 3.92. The van der Waals surface area contributed by atoms with Crippen molar-refractivity contribution in [3.63, 3.8) is 0 Å². The van der Waals surface area contributed by atoms with Crippen molar-refractivity contribution in [2.45, 2.75) is 6.42 Å². The number of furan rings is 1. The minimum Gasteiger partial charge on any atom is -0.465 e. The van der Waals surface area contributed by atoms with Crippen molar-refractivity contribution in [3.8, 4) is 11.3 Å². The number of amides is 1. The predicted octanol–water partition coefficient (Wildman–Crippen LogP) is 4.19. The summed E-state index contributed by atoms with van der Waals surface area (Å²) in [7, 11) is 1.33. The molecule has 0 aliphatic heterocycles. The average Bonchev–Trinajstić information content (AvgIpc) is 3.18. The van der Waals surface area contributed by atoms with Crippen LogP contribution in [0.25, 0.3) is 11.3 Å². The first-order valence-corrected chi connectivity index (χ1v) is 9.19. The second-order valence-electron chi connectivity index (χ2n) is 5.87. The van der Waals surface area contributed by atoms with Gasteiger partial charge in [-0.3, -0.25) is 4.79 Å². The van der Waals surface area contributed by atoms with Gasteiger partial charge in [0.15, 0.2) is 0 Å². The molecule has 0 fully saturated rings. The molecule has 28 heavy (non-hydrogen) atoms. The van der Waals surface area contributed by atoms with Crippen LogP contribution in [0, 0.1) is 0 Å². The smallest absolute Gasteiger partial charge is 0.337 e. The van der Waals surface area contributed by atoms with Crippen LogP contribution < -0.4 is 5.43 Å². The van der Waals surface area contributed by atoms with Gasteiger partial charge in [0.05, 0.1) is 25.3 Å². The number of halogens is 1. The number of hydrogen-bond acceptors (Lipinski definition) is 5. The molecule has 2 aromatic carbocycles. The van der Waals surface area contributed by atoms with Crippen LogP contribution >= 0.6 is 15.9 Å². The number of ether oxygens (including phenoxy) is 1. The molecule has 1 amide bonds. The van der Waals surface area contributed by atoms with Crippen molar-refractivity contribution in [2.75, 3.05) is 7.11 Å². The Bertz CT molecular complexity index is 1010. The van der Waals surface area contributed by atoms with E-state index in [4.69, 9.17) is 9.15 Å². The van der Waals surface area contributed by atoms with Crippen molar-refractivity contribution < 1.29 is 18.7 Å². The summed E-state index contributed by atoms with van der Waals surface area (Å²) in [5.41, 5.74) is 4.54. The molecule has 1 N–H and O–H groups in total. The molecule has 0 saturated heterocycles. The Kier molecular flexibility index (Phi) is 6.39. The molecule has 0 unspecified atom stereocenters. The minimum absolute atomic E-state index is 0.226. The van der Waals surface area contributed by atoms with Crippen LogP contribution in [-0.2, 0) is 16.0 Å². The molecule has 0 radical (unpaired) electrons. The van der Waals surface area contributed by atoms with E-state index in [0.717, 1.165) is 15.6 Å². The number of esters is 1. The van der Waals surface area contributed by atoms with E-state index in [1.54, 1.807) is 30.3 Å². The third-order valence-electron chi connectivity index (χ3n) is 3.85. The number of carbonyl (C=O) groups is 2.